The number of ether oxygens (including phenoxy) is 1. The molecule has 5 nitrogen and oxygen atoms in total. The fourth-order valence-corrected chi connectivity index (χ4v) is 3.44. The van der Waals surface area contributed by atoms with Crippen LogP contribution in [0.4, 0.5) is 0 Å². The summed E-state index contributed by atoms with van der Waals surface area (Å²) < 4.78 is 4.78. The van der Waals surface area contributed by atoms with E-state index in [4.69, 9.17) is 4.74 Å². The molecule has 0 saturated carbocycles. The molecule has 2 atom stereocenters. The van der Waals surface area contributed by atoms with Crippen LogP contribution in [-0.2, 0) is 25.5 Å². The van der Waals surface area contributed by atoms with Crippen LogP contribution in [0.5, 0.6) is 0 Å². The van der Waals surface area contributed by atoms with Gasteiger partial charge in [-0.15, -0.1) is 0 Å². The Morgan fingerprint density at radius 3 is 2.44 bits per heavy atom. The summed E-state index contributed by atoms with van der Waals surface area (Å²) in [5.74, 6) is 0.0601. The monoisotopic (exact) mass is 383 g/mol. The SMILES string of the molecule is COC(=O)[C@H](CCSC)NC(=O)[C@@H](CSC(C)=O)Cc1ccccc1. The first kappa shape index (κ1) is 21.6. The molecule has 1 aromatic carbocycles. The highest BCUT2D eigenvalue weighted by Gasteiger charge is 2.26. The largest absolute Gasteiger partial charge is 0.467 e. The third-order valence-corrected chi connectivity index (χ3v) is 5.22. The molecular formula is C18H25NO4S2. The summed E-state index contributed by atoms with van der Waals surface area (Å²) >= 11 is 2.73. The van der Waals surface area contributed by atoms with E-state index in [0.29, 0.717) is 18.6 Å². The number of hydrogen-bond acceptors (Lipinski definition) is 6. The molecule has 1 aromatic rings. The second-order valence-electron chi connectivity index (χ2n) is 5.56. The van der Waals surface area contributed by atoms with Crippen LogP contribution in [0, 0.1) is 5.92 Å². The fraction of sp³-hybridized carbons (Fsp3) is 0.500. The van der Waals surface area contributed by atoms with Gasteiger partial charge < -0.3 is 10.1 Å². The molecule has 0 aliphatic carbocycles. The second-order valence-corrected chi connectivity index (χ2v) is 7.74. The number of rotatable bonds is 10. The van der Waals surface area contributed by atoms with Gasteiger partial charge in [0.15, 0.2) is 5.12 Å². The predicted molar refractivity (Wildman–Crippen MR) is 104 cm³/mol. The zero-order chi connectivity index (χ0) is 18.7. The lowest BCUT2D eigenvalue weighted by Gasteiger charge is -2.21. The highest BCUT2D eigenvalue weighted by molar-refractivity contribution is 8.13. The van der Waals surface area contributed by atoms with E-state index in [1.54, 1.807) is 11.8 Å². The molecule has 0 saturated heterocycles. The molecule has 0 aromatic heterocycles. The van der Waals surface area contributed by atoms with Crippen molar-refractivity contribution in [3.8, 4) is 0 Å². The van der Waals surface area contributed by atoms with Crippen molar-refractivity contribution in [3.63, 3.8) is 0 Å². The summed E-state index contributed by atoms with van der Waals surface area (Å²) in [5, 5.41) is 2.77. The Bertz CT molecular complexity index is 565. The van der Waals surface area contributed by atoms with Crippen LogP contribution >= 0.6 is 23.5 Å². The van der Waals surface area contributed by atoms with Gasteiger partial charge in [0, 0.05) is 12.7 Å². The smallest absolute Gasteiger partial charge is 0.328 e. The molecule has 0 unspecified atom stereocenters. The van der Waals surface area contributed by atoms with E-state index < -0.39 is 17.9 Å². The zero-order valence-corrected chi connectivity index (χ0v) is 16.5. The summed E-state index contributed by atoms with van der Waals surface area (Å²) in [6.45, 7) is 1.48. The Morgan fingerprint density at radius 1 is 1.20 bits per heavy atom. The fourth-order valence-electron chi connectivity index (χ4n) is 2.26. The lowest BCUT2D eigenvalue weighted by atomic mass is 9.99. The second kappa shape index (κ2) is 12.0. The van der Waals surface area contributed by atoms with Crippen LogP contribution in [0.3, 0.4) is 0 Å². The van der Waals surface area contributed by atoms with Gasteiger partial charge in [-0.05, 0) is 30.4 Å². The molecule has 0 fully saturated rings. The van der Waals surface area contributed by atoms with Gasteiger partial charge in [0.1, 0.15) is 6.04 Å². The lowest BCUT2D eigenvalue weighted by molar-refractivity contribution is -0.145. The number of methoxy groups -OCH3 is 1. The third kappa shape index (κ3) is 8.45. The quantitative estimate of drug-likeness (QED) is 0.626. The van der Waals surface area contributed by atoms with Gasteiger partial charge in [0.05, 0.1) is 13.0 Å². The highest BCUT2D eigenvalue weighted by atomic mass is 32.2. The highest BCUT2D eigenvalue weighted by Crippen LogP contribution is 2.16. The normalized spacial score (nSPS) is 12.9. The lowest BCUT2D eigenvalue weighted by Crippen LogP contribution is -2.45. The van der Waals surface area contributed by atoms with Crippen molar-refractivity contribution in [2.24, 2.45) is 5.92 Å². The van der Waals surface area contributed by atoms with Gasteiger partial charge in [-0.2, -0.15) is 11.8 Å². The molecule has 1 N–H and O–H groups in total. The maximum absolute atomic E-state index is 12.7. The Balaban J connectivity index is 2.81. The van der Waals surface area contributed by atoms with E-state index in [9.17, 15) is 14.4 Å². The van der Waals surface area contributed by atoms with Crippen LogP contribution in [0.25, 0.3) is 0 Å². The molecular weight excluding hydrogens is 358 g/mol. The van der Waals surface area contributed by atoms with Crippen LogP contribution < -0.4 is 5.32 Å². The van der Waals surface area contributed by atoms with E-state index in [-0.39, 0.29) is 11.0 Å². The molecule has 0 heterocycles. The first-order valence-corrected chi connectivity index (χ1v) is 10.4. The van der Waals surface area contributed by atoms with Crippen molar-refractivity contribution in [2.45, 2.75) is 25.8 Å². The number of hydrogen-bond donors (Lipinski definition) is 1. The number of benzene rings is 1. The van der Waals surface area contributed by atoms with Crippen molar-refractivity contribution < 1.29 is 19.1 Å². The number of thioether (sulfide) groups is 2. The molecule has 1 rings (SSSR count). The minimum Gasteiger partial charge on any atom is -0.467 e. The first-order valence-electron chi connectivity index (χ1n) is 8.02. The van der Waals surface area contributed by atoms with Gasteiger partial charge in [-0.1, -0.05) is 42.1 Å². The zero-order valence-electron chi connectivity index (χ0n) is 14.8. The van der Waals surface area contributed by atoms with Gasteiger partial charge >= 0.3 is 5.97 Å². The maximum Gasteiger partial charge on any atom is 0.328 e. The molecule has 0 aliphatic heterocycles. The van der Waals surface area contributed by atoms with E-state index in [0.717, 1.165) is 23.1 Å². The predicted octanol–water partition coefficient (Wildman–Crippen LogP) is 2.54. The van der Waals surface area contributed by atoms with E-state index >= 15 is 0 Å². The van der Waals surface area contributed by atoms with Crippen molar-refractivity contribution in [1.29, 1.82) is 0 Å². The Hall–Kier alpha value is -1.47. The summed E-state index contributed by atoms with van der Waals surface area (Å²) in [6.07, 6.45) is 2.97. The van der Waals surface area contributed by atoms with E-state index in [1.165, 1.54) is 14.0 Å². The Labute approximate surface area is 157 Å². The standard InChI is InChI=1S/C18H25NO4S2/c1-13(20)25-12-15(11-14-7-5-4-6-8-14)17(21)19-16(9-10-24-3)18(22)23-2/h4-8,15-16H,9-12H2,1-3H3,(H,19,21)/t15-,16+/m1/s1. The molecule has 0 bridgehead atoms. The van der Waals surface area contributed by atoms with Crippen molar-refractivity contribution in [3.05, 3.63) is 35.9 Å². The molecule has 0 radical (unpaired) electrons. The number of esters is 1. The summed E-state index contributed by atoms with van der Waals surface area (Å²) in [7, 11) is 1.31. The van der Waals surface area contributed by atoms with Crippen LogP contribution in [0.15, 0.2) is 30.3 Å². The summed E-state index contributed by atoms with van der Waals surface area (Å²) in [4.78, 5) is 35.9. The molecule has 1 amide bonds. The van der Waals surface area contributed by atoms with Crippen molar-refractivity contribution >= 4 is 40.5 Å². The van der Waals surface area contributed by atoms with Gasteiger partial charge in [0.25, 0.3) is 0 Å². The van der Waals surface area contributed by atoms with Crippen molar-refractivity contribution in [2.75, 3.05) is 24.9 Å². The van der Waals surface area contributed by atoms with Crippen molar-refractivity contribution in [1.82, 2.24) is 5.32 Å². The van der Waals surface area contributed by atoms with E-state index in [1.807, 2.05) is 36.6 Å². The average molecular weight is 384 g/mol. The average Bonchev–Trinajstić information content (AvgIpc) is 2.61. The molecule has 7 heteroatoms. The minimum atomic E-state index is -0.662. The number of carbonyl (C=O) groups is 3. The Morgan fingerprint density at radius 2 is 1.88 bits per heavy atom. The molecule has 138 valence electrons. The molecule has 25 heavy (non-hydrogen) atoms. The summed E-state index contributed by atoms with van der Waals surface area (Å²) in [5.41, 5.74) is 1.02. The van der Waals surface area contributed by atoms with Crippen LogP contribution in [0.2, 0.25) is 0 Å². The number of carbonyl (C=O) groups excluding carboxylic acids is 3. The van der Waals surface area contributed by atoms with Gasteiger partial charge in [0.2, 0.25) is 5.91 Å². The van der Waals surface area contributed by atoms with E-state index in [2.05, 4.69) is 5.32 Å². The molecule has 0 spiro atoms. The van der Waals surface area contributed by atoms with Crippen LogP contribution in [0.1, 0.15) is 18.9 Å². The molecule has 0 aliphatic rings. The number of nitrogens with one attached hydrogen (secondary N) is 1. The topological polar surface area (TPSA) is 72.5 Å². The van der Waals surface area contributed by atoms with Gasteiger partial charge in [-0.3, -0.25) is 9.59 Å². The first-order chi connectivity index (χ1) is 12.0. The minimum absolute atomic E-state index is 0.0298. The third-order valence-electron chi connectivity index (χ3n) is 3.60. The van der Waals surface area contributed by atoms with Crippen LogP contribution in [-0.4, -0.2) is 47.9 Å². The summed E-state index contributed by atoms with van der Waals surface area (Å²) in [6, 6.07) is 8.98. The van der Waals surface area contributed by atoms with Gasteiger partial charge in [-0.25, -0.2) is 4.79 Å². The Kier molecular flexibility index (Phi) is 10.3. The maximum atomic E-state index is 12.7. The number of amides is 1.